The van der Waals surface area contributed by atoms with Crippen molar-refractivity contribution in [1.82, 2.24) is 4.98 Å². The van der Waals surface area contributed by atoms with Crippen molar-refractivity contribution in [3.63, 3.8) is 0 Å². The number of carbonyl (C=O) groups excluding carboxylic acids is 1. The number of rotatable bonds is 3. The van der Waals surface area contributed by atoms with E-state index in [4.69, 9.17) is 4.42 Å². The van der Waals surface area contributed by atoms with Crippen molar-refractivity contribution in [2.24, 2.45) is 0 Å². The lowest BCUT2D eigenvalue weighted by Gasteiger charge is -1.98. The summed E-state index contributed by atoms with van der Waals surface area (Å²) in [5.41, 5.74) is 0.159. The Bertz CT molecular complexity index is 580. The fourth-order valence-corrected chi connectivity index (χ4v) is 1.38. The van der Waals surface area contributed by atoms with Gasteiger partial charge in [0.05, 0.1) is 6.61 Å². The Labute approximate surface area is 101 Å². The molecule has 0 N–H and O–H groups in total. The molecule has 1 heterocycles. The number of aromatic nitrogens is 1. The van der Waals surface area contributed by atoms with Crippen molar-refractivity contribution in [3.8, 4) is 11.3 Å². The van der Waals surface area contributed by atoms with E-state index in [9.17, 15) is 13.6 Å². The lowest BCUT2D eigenvalue weighted by molar-refractivity contribution is 0.0481. The lowest BCUT2D eigenvalue weighted by Crippen LogP contribution is -2.04. The molecule has 0 spiro atoms. The number of benzene rings is 1. The molecule has 4 nitrogen and oxygen atoms in total. The molecule has 0 fully saturated rings. The van der Waals surface area contributed by atoms with Gasteiger partial charge in [0.25, 0.3) is 0 Å². The maximum absolute atomic E-state index is 13.5. The van der Waals surface area contributed by atoms with Gasteiger partial charge >= 0.3 is 11.9 Å². The summed E-state index contributed by atoms with van der Waals surface area (Å²) >= 11 is 0. The first kappa shape index (κ1) is 12.2. The topological polar surface area (TPSA) is 52.3 Å². The smallest absolute Gasteiger partial charge is 0.394 e. The minimum absolute atomic E-state index is 0.0516. The third kappa shape index (κ3) is 2.37. The highest BCUT2D eigenvalue weighted by Crippen LogP contribution is 2.22. The van der Waals surface area contributed by atoms with Crippen molar-refractivity contribution in [2.45, 2.75) is 6.92 Å². The molecule has 1 aromatic carbocycles. The van der Waals surface area contributed by atoms with Crippen molar-refractivity contribution in [1.29, 1.82) is 0 Å². The molecule has 0 bridgehead atoms. The van der Waals surface area contributed by atoms with E-state index in [2.05, 4.69) is 9.72 Å². The number of hydrogen-bond donors (Lipinski definition) is 0. The lowest BCUT2D eigenvalue weighted by atomic mass is 10.1. The zero-order valence-corrected chi connectivity index (χ0v) is 9.44. The summed E-state index contributed by atoms with van der Waals surface area (Å²) < 4.78 is 35.7. The molecule has 2 aromatic rings. The van der Waals surface area contributed by atoms with Gasteiger partial charge in [-0.2, -0.15) is 0 Å². The summed E-state index contributed by atoms with van der Waals surface area (Å²) in [6.07, 6.45) is 1.11. The fourth-order valence-electron chi connectivity index (χ4n) is 1.38. The minimum Gasteiger partial charge on any atom is -0.459 e. The van der Waals surface area contributed by atoms with Crippen molar-refractivity contribution in [3.05, 3.63) is 42.0 Å². The number of ether oxygens (including phenoxy) is 1. The molecular formula is C12H9F2NO3. The number of carbonyl (C=O) groups is 1. The second kappa shape index (κ2) is 4.95. The number of halogens is 2. The van der Waals surface area contributed by atoms with Crippen LogP contribution in [0, 0.1) is 11.6 Å². The van der Waals surface area contributed by atoms with Crippen LogP contribution in [0.25, 0.3) is 11.3 Å². The summed E-state index contributed by atoms with van der Waals surface area (Å²) in [4.78, 5) is 15.1. The number of esters is 1. The molecule has 2 rings (SSSR count). The van der Waals surface area contributed by atoms with Crippen LogP contribution in [0.15, 0.2) is 28.9 Å². The molecule has 0 aliphatic heterocycles. The standard InChI is InChI=1S/C12H9F2NO3/c1-2-17-12(16)11-15-10(6-18-11)8-4-3-7(13)5-9(8)14/h3-6H,2H2,1H3. The van der Waals surface area contributed by atoms with Crippen LogP contribution in [0.4, 0.5) is 8.78 Å². The van der Waals surface area contributed by atoms with E-state index in [-0.39, 0.29) is 23.8 Å². The van der Waals surface area contributed by atoms with Crippen LogP contribution in [0.5, 0.6) is 0 Å². The highest BCUT2D eigenvalue weighted by atomic mass is 19.1. The van der Waals surface area contributed by atoms with Gasteiger partial charge in [0.1, 0.15) is 23.6 Å². The Balaban J connectivity index is 2.32. The zero-order chi connectivity index (χ0) is 13.1. The van der Waals surface area contributed by atoms with Crippen LogP contribution >= 0.6 is 0 Å². The monoisotopic (exact) mass is 253 g/mol. The van der Waals surface area contributed by atoms with Gasteiger partial charge in [0, 0.05) is 11.6 Å². The van der Waals surface area contributed by atoms with Crippen LogP contribution < -0.4 is 0 Å². The second-order valence-corrected chi connectivity index (χ2v) is 3.38. The summed E-state index contributed by atoms with van der Waals surface area (Å²) in [5, 5.41) is 0. The van der Waals surface area contributed by atoms with Gasteiger partial charge in [-0.15, -0.1) is 0 Å². The molecule has 0 aliphatic carbocycles. The summed E-state index contributed by atoms with van der Waals surface area (Å²) in [6, 6.07) is 3.04. The minimum atomic E-state index is -0.779. The van der Waals surface area contributed by atoms with E-state index in [1.54, 1.807) is 6.92 Å². The molecule has 1 aromatic heterocycles. The van der Waals surface area contributed by atoms with E-state index in [0.717, 1.165) is 18.4 Å². The Morgan fingerprint density at radius 1 is 1.44 bits per heavy atom. The van der Waals surface area contributed by atoms with Gasteiger partial charge in [-0.25, -0.2) is 18.6 Å². The molecule has 0 saturated carbocycles. The molecule has 18 heavy (non-hydrogen) atoms. The third-order valence-corrected chi connectivity index (χ3v) is 2.16. The predicted octanol–water partition coefficient (Wildman–Crippen LogP) is 2.80. The molecule has 0 aliphatic rings. The first-order valence-corrected chi connectivity index (χ1v) is 5.20. The maximum atomic E-state index is 13.5. The van der Waals surface area contributed by atoms with Gasteiger partial charge in [-0.3, -0.25) is 0 Å². The van der Waals surface area contributed by atoms with E-state index in [0.29, 0.717) is 0 Å². The Kier molecular flexibility index (Phi) is 3.36. The summed E-state index contributed by atoms with van der Waals surface area (Å²) in [5.74, 6) is -2.47. The van der Waals surface area contributed by atoms with Crippen LogP contribution in [0.3, 0.4) is 0 Å². The van der Waals surface area contributed by atoms with Gasteiger partial charge in [-0.05, 0) is 19.1 Å². The maximum Gasteiger partial charge on any atom is 0.394 e. The molecular weight excluding hydrogens is 244 g/mol. The van der Waals surface area contributed by atoms with Gasteiger partial charge in [0.2, 0.25) is 0 Å². The second-order valence-electron chi connectivity index (χ2n) is 3.38. The highest BCUT2D eigenvalue weighted by molar-refractivity contribution is 5.85. The molecule has 6 heteroatoms. The Hall–Kier alpha value is -2.24. The molecule has 0 atom stereocenters. The summed E-state index contributed by atoms with van der Waals surface area (Å²) in [7, 11) is 0. The predicted molar refractivity (Wildman–Crippen MR) is 57.8 cm³/mol. The highest BCUT2D eigenvalue weighted by Gasteiger charge is 2.17. The fraction of sp³-hybridized carbons (Fsp3) is 0.167. The number of hydrogen-bond acceptors (Lipinski definition) is 4. The quantitative estimate of drug-likeness (QED) is 0.789. The number of oxazole rings is 1. The molecule has 0 unspecified atom stereocenters. The molecule has 94 valence electrons. The van der Waals surface area contributed by atoms with Crippen LogP contribution in [-0.2, 0) is 4.74 Å². The first-order chi connectivity index (χ1) is 8.61. The van der Waals surface area contributed by atoms with Crippen LogP contribution in [0.1, 0.15) is 17.6 Å². The molecule has 0 saturated heterocycles. The third-order valence-electron chi connectivity index (χ3n) is 2.16. The Morgan fingerprint density at radius 3 is 2.89 bits per heavy atom. The van der Waals surface area contributed by atoms with E-state index < -0.39 is 17.6 Å². The first-order valence-electron chi connectivity index (χ1n) is 5.20. The van der Waals surface area contributed by atoms with E-state index >= 15 is 0 Å². The van der Waals surface area contributed by atoms with Crippen LogP contribution in [-0.4, -0.2) is 17.6 Å². The van der Waals surface area contributed by atoms with Crippen molar-refractivity contribution >= 4 is 5.97 Å². The van der Waals surface area contributed by atoms with Crippen molar-refractivity contribution < 1.29 is 22.7 Å². The molecule has 0 radical (unpaired) electrons. The van der Waals surface area contributed by atoms with Crippen molar-refractivity contribution in [2.75, 3.05) is 6.61 Å². The average Bonchev–Trinajstić information content (AvgIpc) is 2.78. The van der Waals surface area contributed by atoms with Gasteiger partial charge in [-0.1, -0.05) is 0 Å². The Morgan fingerprint density at radius 2 is 2.22 bits per heavy atom. The van der Waals surface area contributed by atoms with E-state index in [1.165, 1.54) is 6.07 Å². The normalized spacial score (nSPS) is 10.4. The summed E-state index contributed by atoms with van der Waals surface area (Å²) in [6.45, 7) is 1.82. The SMILES string of the molecule is CCOC(=O)c1nc(-c2ccc(F)cc2F)co1. The van der Waals surface area contributed by atoms with E-state index in [1.807, 2.05) is 0 Å². The van der Waals surface area contributed by atoms with Gasteiger partial charge in [0.15, 0.2) is 0 Å². The van der Waals surface area contributed by atoms with Crippen LogP contribution in [0.2, 0.25) is 0 Å². The largest absolute Gasteiger partial charge is 0.459 e. The zero-order valence-electron chi connectivity index (χ0n) is 9.44. The van der Waals surface area contributed by atoms with Gasteiger partial charge < -0.3 is 9.15 Å². The molecule has 0 amide bonds. The average molecular weight is 253 g/mol. The number of nitrogens with zero attached hydrogens (tertiary/aromatic N) is 1.